The van der Waals surface area contributed by atoms with Gasteiger partial charge in [0.15, 0.2) is 0 Å². The maximum Gasteiger partial charge on any atom is 0.121 e. The number of nitrogens with two attached hydrogens (primary N) is 1. The Morgan fingerprint density at radius 1 is 1.30 bits per heavy atom. The first kappa shape index (κ1) is 15.3. The molecule has 2 rings (SSSR count). The van der Waals surface area contributed by atoms with Crippen LogP contribution in [0.1, 0.15) is 51.3 Å². The number of hydrogen-bond acceptors (Lipinski definition) is 3. The summed E-state index contributed by atoms with van der Waals surface area (Å²) in [6.07, 6.45) is 0.978. The number of ether oxygens (including phenoxy) is 2. The first-order valence-corrected chi connectivity index (χ1v) is 7.26. The molecule has 0 spiro atoms. The first-order chi connectivity index (χ1) is 9.16. The minimum Gasteiger partial charge on any atom is -0.496 e. The van der Waals surface area contributed by atoms with E-state index in [1.54, 1.807) is 7.11 Å². The zero-order chi connectivity index (χ0) is 15.1. The molecular weight excluding hydrogens is 250 g/mol. The van der Waals surface area contributed by atoms with Crippen LogP contribution in [-0.2, 0) is 4.74 Å². The van der Waals surface area contributed by atoms with Gasteiger partial charge in [0.1, 0.15) is 5.75 Å². The van der Waals surface area contributed by atoms with E-state index in [-0.39, 0.29) is 17.2 Å². The Balaban J connectivity index is 2.27. The molecule has 1 aliphatic heterocycles. The fourth-order valence-corrected chi connectivity index (χ4v) is 3.51. The standard InChI is InChI=1S/C17H27NO2/c1-11-9-12(7-8-14(11)19-6)15(18)13-10-16(2,3)20-17(13,4)5/h7-9,13,15H,10,18H2,1-6H3. The summed E-state index contributed by atoms with van der Waals surface area (Å²) < 4.78 is 11.5. The van der Waals surface area contributed by atoms with Crippen LogP contribution in [0.3, 0.4) is 0 Å². The largest absolute Gasteiger partial charge is 0.496 e. The fourth-order valence-electron chi connectivity index (χ4n) is 3.51. The molecule has 2 N–H and O–H groups in total. The average Bonchev–Trinajstić information content (AvgIpc) is 2.56. The molecule has 2 unspecified atom stereocenters. The SMILES string of the molecule is COc1ccc(C(N)C2CC(C)(C)OC2(C)C)cc1C. The van der Waals surface area contributed by atoms with E-state index >= 15 is 0 Å². The summed E-state index contributed by atoms with van der Waals surface area (Å²) in [6.45, 7) is 10.6. The van der Waals surface area contributed by atoms with Gasteiger partial charge >= 0.3 is 0 Å². The second-order valence-electron chi connectivity index (χ2n) is 7.03. The molecule has 3 heteroatoms. The Kier molecular flexibility index (Phi) is 3.87. The molecule has 1 aromatic carbocycles. The lowest BCUT2D eigenvalue weighted by atomic mass is 9.79. The zero-order valence-electron chi connectivity index (χ0n) is 13.5. The Bertz CT molecular complexity index is 494. The highest BCUT2D eigenvalue weighted by Crippen LogP contribution is 2.47. The van der Waals surface area contributed by atoms with Crippen molar-refractivity contribution in [3.8, 4) is 5.75 Å². The van der Waals surface area contributed by atoms with Crippen LogP contribution in [0.25, 0.3) is 0 Å². The van der Waals surface area contributed by atoms with Crippen molar-refractivity contribution < 1.29 is 9.47 Å². The van der Waals surface area contributed by atoms with Crippen LogP contribution < -0.4 is 10.5 Å². The summed E-state index contributed by atoms with van der Waals surface area (Å²) in [5.41, 5.74) is 8.51. The second-order valence-corrected chi connectivity index (χ2v) is 7.03. The molecule has 3 nitrogen and oxygen atoms in total. The van der Waals surface area contributed by atoms with E-state index in [1.165, 1.54) is 0 Å². The summed E-state index contributed by atoms with van der Waals surface area (Å²) >= 11 is 0. The third-order valence-electron chi connectivity index (χ3n) is 4.38. The molecule has 1 fully saturated rings. The maximum absolute atomic E-state index is 6.54. The molecule has 0 radical (unpaired) electrons. The van der Waals surface area contributed by atoms with Crippen molar-refractivity contribution in [1.82, 2.24) is 0 Å². The lowest BCUT2D eigenvalue weighted by Crippen LogP contribution is -2.35. The number of aryl methyl sites for hydroxylation is 1. The number of rotatable bonds is 3. The smallest absolute Gasteiger partial charge is 0.121 e. The molecule has 1 heterocycles. The second kappa shape index (κ2) is 5.05. The van der Waals surface area contributed by atoms with Gasteiger partial charge in [-0.05, 0) is 58.2 Å². The molecule has 0 saturated carbocycles. The zero-order valence-corrected chi connectivity index (χ0v) is 13.5. The van der Waals surface area contributed by atoms with Gasteiger partial charge in [-0.3, -0.25) is 0 Å². The third-order valence-corrected chi connectivity index (χ3v) is 4.38. The molecule has 2 atom stereocenters. The molecule has 112 valence electrons. The van der Waals surface area contributed by atoms with E-state index < -0.39 is 0 Å². The average molecular weight is 277 g/mol. The Hall–Kier alpha value is -1.06. The Morgan fingerprint density at radius 3 is 2.40 bits per heavy atom. The van der Waals surface area contributed by atoms with E-state index in [9.17, 15) is 0 Å². The van der Waals surface area contributed by atoms with E-state index in [4.69, 9.17) is 15.2 Å². The minimum absolute atomic E-state index is 0.0172. The Labute approximate surface area is 122 Å². The first-order valence-electron chi connectivity index (χ1n) is 7.26. The van der Waals surface area contributed by atoms with E-state index in [0.717, 1.165) is 23.3 Å². The van der Waals surface area contributed by atoms with Crippen molar-refractivity contribution in [3.63, 3.8) is 0 Å². The van der Waals surface area contributed by atoms with Crippen LogP contribution in [0, 0.1) is 12.8 Å². The summed E-state index contributed by atoms with van der Waals surface area (Å²) in [5, 5.41) is 0. The Morgan fingerprint density at radius 2 is 1.95 bits per heavy atom. The van der Waals surface area contributed by atoms with Crippen molar-refractivity contribution in [2.45, 2.75) is 58.3 Å². The van der Waals surface area contributed by atoms with Gasteiger partial charge in [-0.15, -0.1) is 0 Å². The van der Waals surface area contributed by atoms with Crippen molar-refractivity contribution in [2.24, 2.45) is 11.7 Å². The molecule has 20 heavy (non-hydrogen) atoms. The van der Waals surface area contributed by atoms with Gasteiger partial charge < -0.3 is 15.2 Å². The number of methoxy groups -OCH3 is 1. The van der Waals surface area contributed by atoms with E-state index in [0.29, 0.717) is 5.92 Å². The third kappa shape index (κ3) is 2.84. The molecular formula is C17H27NO2. The van der Waals surface area contributed by atoms with Gasteiger partial charge in [0.2, 0.25) is 0 Å². The highest BCUT2D eigenvalue weighted by atomic mass is 16.5. The van der Waals surface area contributed by atoms with Crippen LogP contribution in [0.15, 0.2) is 18.2 Å². The predicted octanol–water partition coefficient (Wildman–Crippen LogP) is 3.60. The number of hydrogen-bond donors (Lipinski definition) is 1. The highest BCUT2D eigenvalue weighted by molar-refractivity contribution is 5.37. The van der Waals surface area contributed by atoms with Crippen molar-refractivity contribution >= 4 is 0 Å². The van der Waals surface area contributed by atoms with Crippen LogP contribution >= 0.6 is 0 Å². The van der Waals surface area contributed by atoms with Crippen LogP contribution in [0.5, 0.6) is 5.75 Å². The lowest BCUT2D eigenvalue weighted by molar-refractivity contribution is -0.0767. The predicted molar refractivity (Wildman–Crippen MR) is 82.0 cm³/mol. The molecule has 0 amide bonds. The molecule has 1 saturated heterocycles. The van der Waals surface area contributed by atoms with Gasteiger partial charge in [0, 0.05) is 12.0 Å². The quantitative estimate of drug-likeness (QED) is 0.918. The molecule has 0 aromatic heterocycles. The maximum atomic E-state index is 6.54. The molecule has 1 aromatic rings. The molecule has 1 aliphatic rings. The van der Waals surface area contributed by atoms with Crippen LogP contribution in [0.2, 0.25) is 0 Å². The normalized spacial score (nSPS) is 25.4. The fraction of sp³-hybridized carbons (Fsp3) is 0.647. The monoisotopic (exact) mass is 277 g/mol. The minimum atomic E-state index is -0.198. The van der Waals surface area contributed by atoms with Crippen LogP contribution in [0.4, 0.5) is 0 Å². The summed E-state index contributed by atoms with van der Waals surface area (Å²) in [7, 11) is 1.69. The van der Waals surface area contributed by atoms with Crippen molar-refractivity contribution in [2.75, 3.05) is 7.11 Å². The summed E-state index contributed by atoms with van der Waals surface area (Å²) in [5.74, 6) is 1.22. The van der Waals surface area contributed by atoms with E-state index in [2.05, 4.69) is 46.8 Å². The van der Waals surface area contributed by atoms with Crippen LogP contribution in [-0.4, -0.2) is 18.3 Å². The lowest BCUT2D eigenvalue weighted by Gasteiger charge is -2.31. The van der Waals surface area contributed by atoms with Crippen molar-refractivity contribution in [1.29, 1.82) is 0 Å². The number of benzene rings is 1. The molecule has 0 bridgehead atoms. The van der Waals surface area contributed by atoms with Crippen molar-refractivity contribution in [3.05, 3.63) is 29.3 Å². The van der Waals surface area contributed by atoms with E-state index in [1.807, 2.05) is 6.07 Å². The van der Waals surface area contributed by atoms with Gasteiger partial charge in [-0.2, -0.15) is 0 Å². The molecule has 0 aliphatic carbocycles. The van der Waals surface area contributed by atoms with Gasteiger partial charge in [-0.25, -0.2) is 0 Å². The topological polar surface area (TPSA) is 44.5 Å². The van der Waals surface area contributed by atoms with Gasteiger partial charge in [0.25, 0.3) is 0 Å². The van der Waals surface area contributed by atoms with Gasteiger partial charge in [0.05, 0.1) is 18.3 Å². The highest BCUT2D eigenvalue weighted by Gasteiger charge is 2.48. The summed E-state index contributed by atoms with van der Waals surface area (Å²) in [4.78, 5) is 0. The van der Waals surface area contributed by atoms with Gasteiger partial charge in [-0.1, -0.05) is 12.1 Å². The summed E-state index contributed by atoms with van der Waals surface area (Å²) in [6, 6.07) is 6.18.